The van der Waals surface area contributed by atoms with Crippen LogP contribution in [-0.4, -0.2) is 11.6 Å². The second kappa shape index (κ2) is 9.31. The standard InChI is InChI=1S/C28H22O4/c1-19(29)21-11-3-7-15-25(21)31-27-17-9-5-13-23(27)24-14-6-10-18-28(24)32-26-16-8-4-12-22(26)20(2)30/h3-18H,1-2H3. The van der Waals surface area contributed by atoms with Gasteiger partial charge in [0, 0.05) is 11.1 Å². The molecule has 0 saturated heterocycles. The fraction of sp³-hybridized carbons (Fsp3) is 0.0714. The molecule has 0 radical (unpaired) electrons. The van der Waals surface area contributed by atoms with Crippen LogP contribution in [0, 0.1) is 0 Å². The molecule has 0 aliphatic rings. The molecular formula is C28H22O4. The summed E-state index contributed by atoms with van der Waals surface area (Å²) < 4.78 is 12.4. The Kier molecular flexibility index (Phi) is 6.13. The minimum atomic E-state index is -0.0670. The third-order valence-electron chi connectivity index (χ3n) is 5.04. The minimum Gasteiger partial charge on any atom is -0.456 e. The van der Waals surface area contributed by atoms with E-state index in [0.29, 0.717) is 34.1 Å². The summed E-state index contributed by atoms with van der Waals surface area (Å²) >= 11 is 0. The van der Waals surface area contributed by atoms with Crippen LogP contribution in [0.25, 0.3) is 11.1 Å². The molecule has 0 atom stereocenters. The molecule has 0 aliphatic carbocycles. The lowest BCUT2D eigenvalue weighted by Crippen LogP contribution is -1.99. The van der Waals surface area contributed by atoms with E-state index in [1.165, 1.54) is 13.8 Å². The SMILES string of the molecule is CC(=O)c1ccccc1Oc1ccccc1-c1ccccc1Oc1ccccc1C(C)=O. The average Bonchev–Trinajstić information content (AvgIpc) is 2.80. The summed E-state index contributed by atoms with van der Waals surface area (Å²) in [5.74, 6) is 2.04. The molecule has 4 aromatic rings. The molecular weight excluding hydrogens is 400 g/mol. The molecule has 4 nitrogen and oxygen atoms in total. The number of ether oxygens (including phenoxy) is 2. The van der Waals surface area contributed by atoms with Crippen LogP contribution in [0.1, 0.15) is 34.6 Å². The van der Waals surface area contributed by atoms with E-state index in [-0.39, 0.29) is 11.6 Å². The maximum atomic E-state index is 12.0. The van der Waals surface area contributed by atoms with E-state index >= 15 is 0 Å². The molecule has 0 aromatic heterocycles. The number of para-hydroxylation sites is 4. The first kappa shape index (κ1) is 21.1. The normalized spacial score (nSPS) is 10.4. The Morgan fingerprint density at radius 2 is 0.781 bits per heavy atom. The number of ketones is 2. The van der Waals surface area contributed by atoms with E-state index in [2.05, 4.69) is 0 Å². The Balaban J connectivity index is 1.76. The molecule has 158 valence electrons. The van der Waals surface area contributed by atoms with Crippen molar-refractivity contribution in [1.82, 2.24) is 0 Å². The van der Waals surface area contributed by atoms with Gasteiger partial charge in [-0.25, -0.2) is 0 Å². The third kappa shape index (κ3) is 4.44. The highest BCUT2D eigenvalue weighted by Gasteiger charge is 2.16. The van der Waals surface area contributed by atoms with Crippen molar-refractivity contribution in [2.75, 3.05) is 0 Å². The quantitative estimate of drug-likeness (QED) is 0.292. The highest BCUT2D eigenvalue weighted by Crippen LogP contribution is 2.40. The van der Waals surface area contributed by atoms with Crippen molar-refractivity contribution in [3.63, 3.8) is 0 Å². The second-order valence-corrected chi connectivity index (χ2v) is 7.30. The summed E-state index contributed by atoms with van der Waals surface area (Å²) in [6, 6.07) is 29.5. The van der Waals surface area contributed by atoms with Crippen molar-refractivity contribution < 1.29 is 19.1 Å². The average molecular weight is 422 g/mol. The summed E-state index contributed by atoms with van der Waals surface area (Å²) in [6.07, 6.45) is 0. The Morgan fingerprint density at radius 1 is 0.469 bits per heavy atom. The monoisotopic (exact) mass is 422 g/mol. The van der Waals surface area contributed by atoms with E-state index in [4.69, 9.17) is 9.47 Å². The highest BCUT2D eigenvalue weighted by molar-refractivity contribution is 5.97. The first-order valence-corrected chi connectivity index (χ1v) is 10.3. The van der Waals surface area contributed by atoms with Crippen molar-refractivity contribution in [2.24, 2.45) is 0 Å². The number of carbonyl (C=O) groups excluding carboxylic acids is 2. The molecule has 0 bridgehead atoms. The van der Waals surface area contributed by atoms with Crippen molar-refractivity contribution in [2.45, 2.75) is 13.8 Å². The zero-order valence-electron chi connectivity index (χ0n) is 17.9. The number of carbonyl (C=O) groups is 2. The first-order valence-electron chi connectivity index (χ1n) is 10.3. The zero-order chi connectivity index (χ0) is 22.5. The summed E-state index contributed by atoms with van der Waals surface area (Å²) in [5, 5.41) is 0. The van der Waals surface area contributed by atoms with Gasteiger partial charge in [-0.1, -0.05) is 60.7 Å². The van der Waals surface area contributed by atoms with Crippen molar-refractivity contribution >= 4 is 11.6 Å². The molecule has 0 amide bonds. The lowest BCUT2D eigenvalue weighted by molar-refractivity contribution is 0.100. The molecule has 4 aromatic carbocycles. The van der Waals surface area contributed by atoms with Gasteiger partial charge in [0.1, 0.15) is 23.0 Å². The molecule has 0 aliphatic heterocycles. The third-order valence-corrected chi connectivity index (χ3v) is 5.04. The van der Waals surface area contributed by atoms with E-state index < -0.39 is 0 Å². The van der Waals surface area contributed by atoms with Gasteiger partial charge >= 0.3 is 0 Å². The number of Topliss-reactive ketones (excluding diaryl/α,β-unsaturated/α-hetero) is 2. The summed E-state index contributed by atoms with van der Waals surface area (Å²) in [5.41, 5.74) is 2.65. The topological polar surface area (TPSA) is 52.6 Å². The molecule has 0 unspecified atom stereocenters. The van der Waals surface area contributed by atoms with Gasteiger partial charge in [-0.05, 0) is 50.2 Å². The van der Waals surface area contributed by atoms with Crippen LogP contribution in [0.4, 0.5) is 0 Å². The van der Waals surface area contributed by atoms with Crippen LogP contribution >= 0.6 is 0 Å². The molecule has 0 N–H and O–H groups in total. The van der Waals surface area contributed by atoms with Crippen LogP contribution in [0.3, 0.4) is 0 Å². The molecule has 4 rings (SSSR count). The van der Waals surface area contributed by atoms with Gasteiger partial charge < -0.3 is 9.47 Å². The number of benzene rings is 4. The fourth-order valence-electron chi connectivity index (χ4n) is 3.49. The number of hydrogen-bond acceptors (Lipinski definition) is 4. The van der Waals surface area contributed by atoms with Gasteiger partial charge in [0.2, 0.25) is 0 Å². The van der Waals surface area contributed by atoms with Crippen molar-refractivity contribution in [3.8, 4) is 34.1 Å². The largest absolute Gasteiger partial charge is 0.456 e. The smallest absolute Gasteiger partial charge is 0.163 e. The van der Waals surface area contributed by atoms with Crippen LogP contribution < -0.4 is 9.47 Å². The van der Waals surface area contributed by atoms with Crippen molar-refractivity contribution in [3.05, 3.63) is 108 Å². The minimum absolute atomic E-state index is 0.0670. The molecule has 0 saturated carbocycles. The fourth-order valence-corrected chi connectivity index (χ4v) is 3.49. The van der Waals surface area contributed by atoms with Crippen LogP contribution in [0.2, 0.25) is 0 Å². The molecule has 0 fully saturated rings. The van der Waals surface area contributed by atoms with Crippen LogP contribution in [0.5, 0.6) is 23.0 Å². The summed E-state index contributed by atoms with van der Waals surface area (Å²) in [6.45, 7) is 3.04. The lowest BCUT2D eigenvalue weighted by Gasteiger charge is -2.17. The maximum absolute atomic E-state index is 12.0. The Bertz CT molecular complexity index is 1190. The lowest BCUT2D eigenvalue weighted by atomic mass is 10.0. The van der Waals surface area contributed by atoms with E-state index in [0.717, 1.165) is 11.1 Å². The predicted octanol–water partition coefficient (Wildman–Crippen LogP) is 7.34. The number of hydrogen-bond donors (Lipinski definition) is 0. The summed E-state index contributed by atoms with van der Waals surface area (Å²) in [7, 11) is 0. The molecule has 32 heavy (non-hydrogen) atoms. The predicted molar refractivity (Wildman–Crippen MR) is 125 cm³/mol. The van der Waals surface area contributed by atoms with Gasteiger partial charge in [0.15, 0.2) is 11.6 Å². The number of rotatable bonds is 7. The van der Waals surface area contributed by atoms with Crippen LogP contribution in [0.15, 0.2) is 97.1 Å². The van der Waals surface area contributed by atoms with Crippen molar-refractivity contribution in [1.29, 1.82) is 0 Å². The van der Waals surface area contributed by atoms with Gasteiger partial charge in [0.25, 0.3) is 0 Å². The Labute approximate surface area is 187 Å². The van der Waals surface area contributed by atoms with Gasteiger partial charge in [-0.2, -0.15) is 0 Å². The second-order valence-electron chi connectivity index (χ2n) is 7.30. The highest BCUT2D eigenvalue weighted by atomic mass is 16.5. The zero-order valence-corrected chi connectivity index (χ0v) is 17.9. The van der Waals surface area contributed by atoms with Gasteiger partial charge in [-0.3, -0.25) is 9.59 Å². The van der Waals surface area contributed by atoms with E-state index in [9.17, 15) is 9.59 Å². The Hall–Kier alpha value is -4.18. The molecule has 4 heteroatoms. The van der Waals surface area contributed by atoms with E-state index in [1.54, 1.807) is 24.3 Å². The van der Waals surface area contributed by atoms with E-state index in [1.807, 2.05) is 72.8 Å². The van der Waals surface area contributed by atoms with Gasteiger partial charge in [0.05, 0.1) is 11.1 Å². The maximum Gasteiger partial charge on any atom is 0.163 e. The molecule has 0 spiro atoms. The Morgan fingerprint density at radius 3 is 1.16 bits per heavy atom. The van der Waals surface area contributed by atoms with Crippen LogP contribution in [-0.2, 0) is 0 Å². The van der Waals surface area contributed by atoms with Gasteiger partial charge in [-0.15, -0.1) is 0 Å². The molecule has 0 heterocycles. The summed E-state index contributed by atoms with van der Waals surface area (Å²) in [4.78, 5) is 24.1. The first-order chi connectivity index (χ1) is 15.5.